The predicted octanol–water partition coefficient (Wildman–Crippen LogP) is -1.87. The van der Waals surface area contributed by atoms with Crippen LogP contribution < -0.4 is 11.2 Å². The minimum Gasteiger partial charge on any atom is -0.394 e. The molecule has 1 fully saturated rings. The fourth-order valence-corrected chi connectivity index (χ4v) is 1.94. The number of aromatic nitrogens is 2. The molecule has 0 saturated carbocycles. The molecule has 0 unspecified atom stereocenters. The van der Waals surface area contributed by atoms with Crippen molar-refractivity contribution < 1.29 is 19.3 Å². The van der Waals surface area contributed by atoms with Crippen LogP contribution in [0.15, 0.2) is 21.9 Å². The van der Waals surface area contributed by atoms with Crippen LogP contribution >= 0.6 is 0 Å². The molecule has 102 valence electrons. The van der Waals surface area contributed by atoms with Gasteiger partial charge >= 0.3 is 5.69 Å². The summed E-state index contributed by atoms with van der Waals surface area (Å²) in [4.78, 5) is 24.4. The van der Waals surface area contributed by atoms with Gasteiger partial charge in [0.1, 0.15) is 12.2 Å². The Balaban J connectivity index is 2.52. The zero-order valence-electron chi connectivity index (χ0n) is 9.62. The molecule has 7 nitrogen and oxygen atoms in total. The molecule has 1 aromatic rings. The molecule has 1 aliphatic heterocycles. The highest BCUT2D eigenvalue weighted by atomic mass is 19.1. The lowest BCUT2D eigenvalue weighted by Crippen LogP contribution is -2.44. The summed E-state index contributed by atoms with van der Waals surface area (Å²) >= 11 is 0. The van der Waals surface area contributed by atoms with Crippen molar-refractivity contribution >= 4 is 0 Å². The van der Waals surface area contributed by atoms with Gasteiger partial charge in [0.15, 0.2) is 6.23 Å². The second-order valence-electron chi connectivity index (χ2n) is 4.08. The quantitative estimate of drug-likeness (QED) is 0.546. The van der Waals surface area contributed by atoms with Crippen LogP contribution in [0.1, 0.15) is 6.23 Å². The van der Waals surface area contributed by atoms with E-state index in [2.05, 4.69) is 0 Å². The summed E-state index contributed by atoms with van der Waals surface area (Å²) < 4.78 is 20.3. The number of aliphatic hydroxyl groups excluding tert-OH is 2. The maximum atomic E-state index is 14.5. The first-order valence-electron chi connectivity index (χ1n) is 5.36. The van der Waals surface area contributed by atoms with E-state index < -0.39 is 42.0 Å². The molecular formula is C11H11FN2O5. The Labute approximate surface area is 106 Å². The molecule has 8 heteroatoms. The van der Waals surface area contributed by atoms with Crippen LogP contribution in [0.4, 0.5) is 4.39 Å². The summed E-state index contributed by atoms with van der Waals surface area (Å²) in [6.45, 7) is -0.664. The number of hydrogen-bond acceptors (Lipinski definition) is 5. The van der Waals surface area contributed by atoms with E-state index in [1.807, 2.05) is 4.98 Å². The number of hydrogen-bond donors (Lipinski definition) is 3. The zero-order chi connectivity index (χ0) is 14.2. The van der Waals surface area contributed by atoms with Crippen LogP contribution in [0, 0.1) is 12.3 Å². The number of alkyl halides is 1. The third-order valence-electron chi connectivity index (χ3n) is 2.95. The number of nitrogens with one attached hydrogen (secondary N) is 1. The minimum atomic E-state index is -2.69. The molecule has 0 spiro atoms. The molecule has 2 rings (SSSR count). The van der Waals surface area contributed by atoms with E-state index >= 15 is 0 Å². The Hall–Kier alpha value is -1.95. The lowest BCUT2D eigenvalue weighted by Gasteiger charge is -2.23. The zero-order valence-corrected chi connectivity index (χ0v) is 9.62. The Morgan fingerprint density at radius 2 is 2.32 bits per heavy atom. The number of ether oxygens (including phenoxy) is 1. The average molecular weight is 270 g/mol. The first kappa shape index (κ1) is 13.5. The molecule has 1 aliphatic rings. The van der Waals surface area contributed by atoms with Gasteiger partial charge in [0.25, 0.3) is 5.56 Å². The molecule has 1 aromatic heterocycles. The van der Waals surface area contributed by atoms with Crippen LogP contribution in [0.25, 0.3) is 0 Å². The molecule has 0 aliphatic carbocycles. The lowest BCUT2D eigenvalue weighted by atomic mass is 9.97. The third kappa shape index (κ3) is 1.98. The number of nitrogens with zero attached hydrogens (tertiary/aromatic N) is 1. The van der Waals surface area contributed by atoms with Crippen LogP contribution in [-0.2, 0) is 4.74 Å². The van der Waals surface area contributed by atoms with Gasteiger partial charge in [-0.25, -0.2) is 9.18 Å². The molecule has 1 saturated heterocycles. The van der Waals surface area contributed by atoms with Crippen LogP contribution in [0.5, 0.6) is 0 Å². The molecule has 19 heavy (non-hydrogen) atoms. The highest BCUT2D eigenvalue weighted by Gasteiger charge is 2.57. The van der Waals surface area contributed by atoms with Gasteiger partial charge in [0.05, 0.1) is 6.61 Å². The van der Waals surface area contributed by atoms with E-state index in [1.54, 1.807) is 5.92 Å². The summed E-state index contributed by atoms with van der Waals surface area (Å²) in [6.07, 6.45) is 1.38. The Morgan fingerprint density at radius 3 is 2.84 bits per heavy atom. The first-order chi connectivity index (χ1) is 8.93. The number of aliphatic hydroxyl groups is 2. The first-order valence-corrected chi connectivity index (χ1v) is 5.36. The molecule has 3 N–H and O–H groups in total. The number of terminal acetylenes is 1. The van der Waals surface area contributed by atoms with Gasteiger partial charge in [0.2, 0.25) is 5.67 Å². The largest absolute Gasteiger partial charge is 0.394 e. The number of halogens is 1. The fourth-order valence-electron chi connectivity index (χ4n) is 1.94. The topological polar surface area (TPSA) is 105 Å². The summed E-state index contributed by atoms with van der Waals surface area (Å²) in [5, 5.41) is 18.7. The van der Waals surface area contributed by atoms with E-state index in [-0.39, 0.29) is 0 Å². The van der Waals surface area contributed by atoms with Crippen molar-refractivity contribution in [2.45, 2.75) is 24.1 Å². The van der Waals surface area contributed by atoms with E-state index in [4.69, 9.17) is 16.3 Å². The molecule has 0 bridgehead atoms. The molecule has 4 atom stereocenters. The van der Waals surface area contributed by atoms with Crippen molar-refractivity contribution in [2.24, 2.45) is 0 Å². The smallest absolute Gasteiger partial charge is 0.330 e. The molecule has 0 radical (unpaired) electrons. The van der Waals surface area contributed by atoms with Gasteiger partial charge in [-0.3, -0.25) is 14.3 Å². The molecular weight excluding hydrogens is 259 g/mol. The van der Waals surface area contributed by atoms with Gasteiger partial charge in [-0.05, 0) is 0 Å². The Kier molecular flexibility index (Phi) is 3.28. The monoisotopic (exact) mass is 270 g/mol. The predicted molar refractivity (Wildman–Crippen MR) is 61.0 cm³/mol. The van der Waals surface area contributed by atoms with Crippen molar-refractivity contribution in [2.75, 3.05) is 6.61 Å². The normalized spacial score (nSPS) is 34.1. The number of aromatic amines is 1. The van der Waals surface area contributed by atoms with Gasteiger partial charge in [-0.2, -0.15) is 0 Å². The SMILES string of the molecule is C#C[C@@]1(F)[C@H](O)[C@@H](CO)O[C@@H]1n1ccc(=O)[nH]c1=O. The van der Waals surface area contributed by atoms with Crippen LogP contribution in [0.2, 0.25) is 0 Å². The van der Waals surface area contributed by atoms with E-state index in [0.29, 0.717) is 0 Å². The van der Waals surface area contributed by atoms with Crippen LogP contribution in [-0.4, -0.2) is 44.2 Å². The highest BCUT2D eigenvalue weighted by Crippen LogP contribution is 2.40. The second kappa shape index (κ2) is 4.62. The standard InChI is InChI=1S/C11H11FN2O5/c1-2-11(12)8(17)6(5-15)19-9(11)14-4-3-7(16)13-10(14)18/h1,3-4,6,8-9,15,17H,5H2,(H,13,16,18)/t6-,8-,9+,11-/m1/s1. The average Bonchev–Trinajstić information content (AvgIpc) is 2.63. The van der Waals surface area contributed by atoms with Crippen molar-refractivity contribution in [1.82, 2.24) is 9.55 Å². The van der Waals surface area contributed by atoms with Gasteiger partial charge < -0.3 is 14.9 Å². The highest BCUT2D eigenvalue weighted by molar-refractivity contribution is 5.19. The van der Waals surface area contributed by atoms with Crippen molar-refractivity contribution in [1.29, 1.82) is 0 Å². The van der Waals surface area contributed by atoms with Gasteiger partial charge in [-0.15, -0.1) is 6.42 Å². The van der Waals surface area contributed by atoms with E-state index in [0.717, 1.165) is 16.8 Å². The fraction of sp³-hybridized carbons (Fsp3) is 0.455. The van der Waals surface area contributed by atoms with E-state index in [9.17, 15) is 19.1 Å². The summed E-state index contributed by atoms with van der Waals surface area (Å²) in [6, 6.07) is 0.986. The number of H-pyrrole nitrogens is 1. The third-order valence-corrected chi connectivity index (χ3v) is 2.95. The van der Waals surface area contributed by atoms with Crippen molar-refractivity contribution in [3.8, 4) is 12.3 Å². The van der Waals surface area contributed by atoms with Gasteiger partial charge in [-0.1, -0.05) is 5.92 Å². The summed E-state index contributed by atoms with van der Waals surface area (Å²) in [7, 11) is 0. The van der Waals surface area contributed by atoms with Gasteiger partial charge in [0, 0.05) is 12.3 Å². The van der Waals surface area contributed by atoms with Crippen LogP contribution in [0.3, 0.4) is 0 Å². The molecule has 2 heterocycles. The Morgan fingerprint density at radius 1 is 1.63 bits per heavy atom. The summed E-state index contributed by atoms with van der Waals surface area (Å²) in [5.74, 6) is 1.74. The summed E-state index contributed by atoms with van der Waals surface area (Å²) in [5.41, 5.74) is -4.28. The lowest BCUT2D eigenvalue weighted by molar-refractivity contribution is -0.0543. The maximum absolute atomic E-state index is 14.5. The van der Waals surface area contributed by atoms with E-state index in [1.165, 1.54) is 0 Å². The Bertz CT molecular complexity index is 633. The minimum absolute atomic E-state index is 0.663. The second-order valence-corrected chi connectivity index (χ2v) is 4.08. The number of rotatable bonds is 2. The van der Waals surface area contributed by atoms with Crippen molar-refractivity contribution in [3.05, 3.63) is 33.1 Å². The molecule has 0 amide bonds. The van der Waals surface area contributed by atoms with Crippen molar-refractivity contribution in [3.63, 3.8) is 0 Å². The maximum Gasteiger partial charge on any atom is 0.330 e. The molecule has 0 aromatic carbocycles.